The zero-order chi connectivity index (χ0) is 13.2. The first-order valence-electron chi connectivity index (χ1n) is 4.68. The van der Waals surface area contributed by atoms with Crippen molar-refractivity contribution >= 4 is 26.0 Å². The Kier molecular flexibility index (Phi) is 4.40. The minimum Gasteiger partial charge on any atom is -0.493 e. The molecule has 0 saturated heterocycles. The second-order valence-electron chi connectivity index (χ2n) is 3.43. The molecule has 0 aromatic heterocycles. The van der Waals surface area contributed by atoms with E-state index in [-0.39, 0.29) is 4.90 Å². The minimum absolute atomic E-state index is 0.139. The molecular weight excluding hydrogens is 310 g/mol. The molecule has 0 fully saturated rings. The maximum Gasteiger partial charge on any atom is 0.243 e. The molecule has 1 aromatic rings. The smallest absolute Gasteiger partial charge is 0.243 e. The summed E-state index contributed by atoms with van der Waals surface area (Å²) in [4.78, 5) is 0.139. The van der Waals surface area contributed by atoms with Gasteiger partial charge in [-0.25, -0.2) is 12.7 Å². The van der Waals surface area contributed by atoms with Gasteiger partial charge in [-0.2, -0.15) is 0 Å². The van der Waals surface area contributed by atoms with E-state index in [1.807, 2.05) is 0 Å². The lowest BCUT2D eigenvalue weighted by molar-refractivity contribution is 0.353. The molecule has 0 aliphatic carbocycles. The number of sulfonamides is 1. The van der Waals surface area contributed by atoms with Crippen molar-refractivity contribution in [3.8, 4) is 11.5 Å². The van der Waals surface area contributed by atoms with Crippen LogP contribution in [0.3, 0.4) is 0 Å². The first kappa shape index (κ1) is 14.3. The topological polar surface area (TPSA) is 55.8 Å². The Labute approximate surface area is 110 Å². The summed E-state index contributed by atoms with van der Waals surface area (Å²) >= 11 is 3.21. The molecule has 1 aromatic carbocycles. The van der Waals surface area contributed by atoms with Crippen LogP contribution in [0.25, 0.3) is 0 Å². The molecule has 7 heteroatoms. The second-order valence-corrected chi connectivity index (χ2v) is 6.40. The standard InChI is InChI=1S/C10H14BrNO4S/c1-12(2)17(13,14)10-6-9(16-4)8(15-3)5-7(10)11/h5-6H,1-4H3. The molecule has 0 atom stereocenters. The van der Waals surface area contributed by atoms with E-state index in [9.17, 15) is 8.42 Å². The fraction of sp³-hybridized carbons (Fsp3) is 0.400. The van der Waals surface area contributed by atoms with Gasteiger partial charge in [0.2, 0.25) is 10.0 Å². The van der Waals surface area contributed by atoms with Crippen LogP contribution in [0, 0.1) is 0 Å². The first-order valence-corrected chi connectivity index (χ1v) is 6.92. The van der Waals surface area contributed by atoms with E-state index in [4.69, 9.17) is 9.47 Å². The molecule has 0 aliphatic heterocycles. The third-order valence-corrected chi connectivity index (χ3v) is 4.97. The van der Waals surface area contributed by atoms with Gasteiger partial charge in [0.15, 0.2) is 11.5 Å². The molecular formula is C10H14BrNO4S. The predicted molar refractivity (Wildman–Crippen MR) is 68.1 cm³/mol. The van der Waals surface area contributed by atoms with E-state index in [0.29, 0.717) is 16.0 Å². The van der Waals surface area contributed by atoms with Gasteiger partial charge in [0, 0.05) is 24.6 Å². The van der Waals surface area contributed by atoms with Crippen LogP contribution in [-0.4, -0.2) is 41.0 Å². The Balaban J connectivity index is 3.47. The Bertz CT molecular complexity index is 513. The van der Waals surface area contributed by atoms with Crippen molar-refractivity contribution in [2.75, 3.05) is 28.3 Å². The Morgan fingerprint density at radius 3 is 2.00 bits per heavy atom. The molecule has 0 aliphatic rings. The highest BCUT2D eigenvalue weighted by atomic mass is 79.9. The van der Waals surface area contributed by atoms with Crippen molar-refractivity contribution in [2.45, 2.75) is 4.90 Å². The van der Waals surface area contributed by atoms with E-state index in [2.05, 4.69) is 15.9 Å². The van der Waals surface area contributed by atoms with E-state index in [1.54, 1.807) is 6.07 Å². The van der Waals surface area contributed by atoms with Crippen molar-refractivity contribution in [2.24, 2.45) is 0 Å². The number of nitrogens with zero attached hydrogens (tertiary/aromatic N) is 1. The van der Waals surface area contributed by atoms with Crippen LogP contribution in [0.1, 0.15) is 0 Å². The number of rotatable bonds is 4. The molecule has 0 unspecified atom stereocenters. The van der Waals surface area contributed by atoms with Gasteiger partial charge in [-0.05, 0) is 22.0 Å². The van der Waals surface area contributed by atoms with Gasteiger partial charge < -0.3 is 9.47 Å². The maximum absolute atomic E-state index is 12.0. The predicted octanol–water partition coefficient (Wildman–Crippen LogP) is 1.72. The Morgan fingerprint density at radius 2 is 1.59 bits per heavy atom. The molecule has 0 saturated carbocycles. The van der Waals surface area contributed by atoms with Crippen molar-refractivity contribution < 1.29 is 17.9 Å². The number of hydrogen-bond donors (Lipinski definition) is 0. The van der Waals surface area contributed by atoms with E-state index >= 15 is 0 Å². The zero-order valence-electron chi connectivity index (χ0n) is 10.0. The number of methoxy groups -OCH3 is 2. The fourth-order valence-electron chi connectivity index (χ4n) is 1.23. The van der Waals surface area contributed by atoms with Gasteiger partial charge >= 0.3 is 0 Å². The molecule has 0 spiro atoms. The molecule has 96 valence electrons. The van der Waals surface area contributed by atoms with E-state index in [1.165, 1.54) is 34.4 Å². The van der Waals surface area contributed by atoms with E-state index in [0.717, 1.165) is 4.31 Å². The van der Waals surface area contributed by atoms with Gasteiger partial charge in [0.25, 0.3) is 0 Å². The largest absolute Gasteiger partial charge is 0.493 e. The van der Waals surface area contributed by atoms with Gasteiger partial charge in [0.1, 0.15) is 4.90 Å². The maximum atomic E-state index is 12.0. The number of benzene rings is 1. The average Bonchev–Trinajstić information content (AvgIpc) is 2.27. The highest BCUT2D eigenvalue weighted by molar-refractivity contribution is 9.10. The van der Waals surface area contributed by atoms with Gasteiger partial charge in [-0.1, -0.05) is 0 Å². The molecule has 0 radical (unpaired) electrons. The Morgan fingerprint density at radius 1 is 1.12 bits per heavy atom. The highest BCUT2D eigenvalue weighted by Gasteiger charge is 2.23. The number of hydrogen-bond acceptors (Lipinski definition) is 4. The summed E-state index contributed by atoms with van der Waals surface area (Å²) in [6.07, 6.45) is 0. The monoisotopic (exact) mass is 323 g/mol. The van der Waals surface area contributed by atoms with Crippen molar-refractivity contribution in [1.29, 1.82) is 0 Å². The lowest BCUT2D eigenvalue weighted by atomic mass is 10.3. The van der Waals surface area contributed by atoms with Crippen molar-refractivity contribution in [3.63, 3.8) is 0 Å². The second kappa shape index (κ2) is 5.24. The number of halogens is 1. The quantitative estimate of drug-likeness (QED) is 0.846. The Hall–Kier alpha value is -0.790. The van der Waals surface area contributed by atoms with Gasteiger partial charge in [0.05, 0.1) is 14.2 Å². The molecule has 1 rings (SSSR count). The summed E-state index contributed by atoms with van der Waals surface area (Å²) < 4.78 is 35.8. The third-order valence-electron chi connectivity index (χ3n) is 2.20. The van der Waals surface area contributed by atoms with Crippen molar-refractivity contribution in [3.05, 3.63) is 16.6 Å². The average molecular weight is 324 g/mol. The fourth-order valence-corrected chi connectivity index (χ4v) is 3.12. The van der Waals surface area contributed by atoms with Crippen LogP contribution in [0.15, 0.2) is 21.5 Å². The summed E-state index contributed by atoms with van der Waals surface area (Å²) in [6.45, 7) is 0. The van der Waals surface area contributed by atoms with E-state index < -0.39 is 10.0 Å². The van der Waals surface area contributed by atoms with Gasteiger partial charge in [-0.3, -0.25) is 0 Å². The highest BCUT2D eigenvalue weighted by Crippen LogP contribution is 2.36. The lowest BCUT2D eigenvalue weighted by Gasteiger charge is -2.15. The summed E-state index contributed by atoms with van der Waals surface area (Å²) in [5, 5.41) is 0. The summed E-state index contributed by atoms with van der Waals surface area (Å²) in [5.41, 5.74) is 0. The summed E-state index contributed by atoms with van der Waals surface area (Å²) in [6, 6.07) is 2.99. The van der Waals surface area contributed by atoms with Crippen LogP contribution in [0.4, 0.5) is 0 Å². The molecule has 17 heavy (non-hydrogen) atoms. The summed E-state index contributed by atoms with van der Waals surface area (Å²) in [5.74, 6) is 0.841. The van der Waals surface area contributed by atoms with Crippen molar-refractivity contribution in [1.82, 2.24) is 4.31 Å². The van der Waals surface area contributed by atoms with Crippen LogP contribution < -0.4 is 9.47 Å². The molecule has 0 amide bonds. The van der Waals surface area contributed by atoms with Gasteiger partial charge in [-0.15, -0.1) is 0 Å². The molecule has 5 nitrogen and oxygen atoms in total. The molecule has 0 bridgehead atoms. The molecule has 0 heterocycles. The van der Waals surface area contributed by atoms with Crippen LogP contribution in [0.2, 0.25) is 0 Å². The third kappa shape index (κ3) is 2.72. The minimum atomic E-state index is -3.51. The van der Waals surface area contributed by atoms with Crippen LogP contribution in [-0.2, 0) is 10.0 Å². The normalized spacial score (nSPS) is 11.6. The zero-order valence-corrected chi connectivity index (χ0v) is 12.4. The summed E-state index contributed by atoms with van der Waals surface area (Å²) in [7, 11) is 2.37. The SMILES string of the molecule is COc1cc(Br)c(S(=O)(=O)N(C)C)cc1OC. The van der Waals surface area contributed by atoms with Crippen LogP contribution in [0.5, 0.6) is 11.5 Å². The lowest BCUT2D eigenvalue weighted by Crippen LogP contribution is -2.22. The number of ether oxygens (including phenoxy) is 2. The van der Waals surface area contributed by atoms with Crippen LogP contribution >= 0.6 is 15.9 Å². The first-order chi connectivity index (χ1) is 7.84. The molecule has 0 N–H and O–H groups in total.